The van der Waals surface area contributed by atoms with Crippen LogP contribution < -0.4 is 14.8 Å². The summed E-state index contributed by atoms with van der Waals surface area (Å²) in [5.41, 5.74) is 1.61. The van der Waals surface area contributed by atoms with Crippen molar-refractivity contribution in [2.75, 3.05) is 19.5 Å². The first-order valence-corrected chi connectivity index (χ1v) is 6.38. The van der Waals surface area contributed by atoms with Crippen molar-refractivity contribution < 1.29 is 19.4 Å². The Morgan fingerprint density at radius 1 is 1.14 bits per heavy atom. The number of amides is 1. The van der Waals surface area contributed by atoms with E-state index in [2.05, 4.69) is 5.32 Å². The minimum absolute atomic E-state index is 0.130. The second-order valence-electron chi connectivity index (χ2n) is 4.50. The SMILES string of the molecule is COc1cccc(C(=O)Nc2ccc(C)c(O)c2)c1OC. The van der Waals surface area contributed by atoms with Crippen molar-refractivity contribution in [2.45, 2.75) is 6.92 Å². The highest BCUT2D eigenvalue weighted by Crippen LogP contribution is 2.31. The van der Waals surface area contributed by atoms with Crippen molar-refractivity contribution >= 4 is 11.6 Å². The molecule has 1 amide bonds. The predicted octanol–water partition coefficient (Wildman–Crippen LogP) is 2.97. The van der Waals surface area contributed by atoms with E-state index in [1.54, 1.807) is 37.3 Å². The smallest absolute Gasteiger partial charge is 0.259 e. The first-order chi connectivity index (χ1) is 10.1. The first-order valence-electron chi connectivity index (χ1n) is 6.38. The van der Waals surface area contributed by atoms with E-state index in [1.807, 2.05) is 0 Å². The predicted molar refractivity (Wildman–Crippen MR) is 80.3 cm³/mol. The quantitative estimate of drug-likeness (QED) is 0.907. The number of aromatic hydroxyl groups is 1. The number of hydrogen-bond donors (Lipinski definition) is 2. The minimum Gasteiger partial charge on any atom is -0.508 e. The summed E-state index contributed by atoms with van der Waals surface area (Å²) in [5, 5.41) is 12.4. The molecule has 0 heterocycles. The Hall–Kier alpha value is -2.69. The number of rotatable bonds is 4. The molecule has 0 unspecified atom stereocenters. The lowest BCUT2D eigenvalue weighted by Gasteiger charge is -2.13. The van der Waals surface area contributed by atoms with E-state index in [0.717, 1.165) is 5.56 Å². The van der Waals surface area contributed by atoms with E-state index >= 15 is 0 Å². The second-order valence-corrected chi connectivity index (χ2v) is 4.50. The molecule has 0 bridgehead atoms. The molecule has 0 fully saturated rings. The Bertz CT molecular complexity index is 667. The highest BCUT2D eigenvalue weighted by atomic mass is 16.5. The summed E-state index contributed by atoms with van der Waals surface area (Å²) >= 11 is 0. The summed E-state index contributed by atoms with van der Waals surface area (Å²) in [6.45, 7) is 1.78. The number of ether oxygens (including phenoxy) is 2. The molecule has 110 valence electrons. The maximum atomic E-state index is 12.3. The van der Waals surface area contributed by atoms with Gasteiger partial charge < -0.3 is 19.9 Å². The fourth-order valence-electron chi connectivity index (χ4n) is 1.95. The van der Waals surface area contributed by atoms with Crippen LogP contribution >= 0.6 is 0 Å². The van der Waals surface area contributed by atoms with Crippen LogP contribution in [-0.4, -0.2) is 25.2 Å². The van der Waals surface area contributed by atoms with E-state index in [-0.39, 0.29) is 11.7 Å². The van der Waals surface area contributed by atoms with E-state index in [1.165, 1.54) is 20.3 Å². The van der Waals surface area contributed by atoms with Gasteiger partial charge in [0.15, 0.2) is 11.5 Å². The van der Waals surface area contributed by atoms with Gasteiger partial charge in [0.1, 0.15) is 5.75 Å². The van der Waals surface area contributed by atoms with Gasteiger partial charge in [0, 0.05) is 11.8 Å². The molecular formula is C16H17NO4. The summed E-state index contributed by atoms with van der Waals surface area (Å²) in [4.78, 5) is 12.3. The van der Waals surface area contributed by atoms with Crippen LogP contribution in [0.25, 0.3) is 0 Å². The molecule has 0 atom stereocenters. The van der Waals surface area contributed by atoms with Gasteiger partial charge in [-0.3, -0.25) is 4.79 Å². The van der Waals surface area contributed by atoms with Crippen molar-refractivity contribution in [2.24, 2.45) is 0 Å². The van der Waals surface area contributed by atoms with Gasteiger partial charge in [0.25, 0.3) is 5.91 Å². The average molecular weight is 287 g/mol. The van der Waals surface area contributed by atoms with Gasteiger partial charge in [-0.1, -0.05) is 12.1 Å². The van der Waals surface area contributed by atoms with Gasteiger partial charge >= 0.3 is 0 Å². The molecule has 0 aromatic heterocycles. The lowest BCUT2D eigenvalue weighted by Crippen LogP contribution is -2.13. The van der Waals surface area contributed by atoms with Gasteiger partial charge in [-0.2, -0.15) is 0 Å². The Balaban J connectivity index is 2.30. The third kappa shape index (κ3) is 3.08. The van der Waals surface area contributed by atoms with Crippen LogP contribution in [0.5, 0.6) is 17.2 Å². The van der Waals surface area contributed by atoms with E-state index < -0.39 is 0 Å². The maximum absolute atomic E-state index is 12.3. The molecule has 2 aromatic rings. The van der Waals surface area contributed by atoms with Crippen molar-refractivity contribution in [1.29, 1.82) is 0 Å². The normalized spacial score (nSPS) is 10.0. The topological polar surface area (TPSA) is 67.8 Å². The highest BCUT2D eigenvalue weighted by molar-refractivity contribution is 6.06. The Kier molecular flexibility index (Phi) is 4.33. The number of anilines is 1. The molecule has 21 heavy (non-hydrogen) atoms. The van der Waals surface area contributed by atoms with Crippen LogP contribution in [0.2, 0.25) is 0 Å². The van der Waals surface area contributed by atoms with Crippen LogP contribution in [0.1, 0.15) is 15.9 Å². The molecule has 0 radical (unpaired) electrons. The monoisotopic (exact) mass is 287 g/mol. The van der Waals surface area contributed by atoms with Crippen LogP contribution in [0.3, 0.4) is 0 Å². The molecule has 0 saturated carbocycles. The number of benzene rings is 2. The first kappa shape index (κ1) is 14.7. The number of methoxy groups -OCH3 is 2. The Labute approximate surface area is 123 Å². The molecule has 0 aliphatic heterocycles. The number of phenolic OH excluding ortho intramolecular Hbond substituents is 1. The van der Waals surface area contributed by atoms with Crippen LogP contribution in [0.15, 0.2) is 36.4 Å². The summed E-state index contributed by atoms with van der Waals surface area (Å²) in [5.74, 6) is 0.644. The lowest BCUT2D eigenvalue weighted by atomic mass is 10.1. The largest absolute Gasteiger partial charge is 0.508 e. The van der Waals surface area contributed by atoms with Crippen LogP contribution in [0.4, 0.5) is 5.69 Å². The summed E-state index contributed by atoms with van der Waals surface area (Å²) in [7, 11) is 2.99. The number of para-hydroxylation sites is 1. The number of carbonyl (C=O) groups is 1. The van der Waals surface area contributed by atoms with E-state index in [9.17, 15) is 9.90 Å². The van der Waals surface area contributed by atoms with Crippen molar-refractivity contribution in [3.63, 3.8) is 0 Å². The van der Waals surface area contributed by atoms with Gasteiger partial charge in [-0.05, 0) is 30.7 Å². The Morgan fingerprint density at radius 2 is 1.90 bits per heavy atom. The van der Waals surface area contributed by atoms with Gasteiger partial charge in [-0.15, -0.1) is 0 Å². The summed E-state index contributed by atoms with van der Waals surface area (Å²) in [6, 6.07) is 10.0. The average Bonchev–Trinajstić information content (AvgIpc) is 2.49. The number of phenols is 1. The van der Waals surface area contributed by atoms with Crippen molar-refractivity contribution in [3.8, 4) is 17.2 Å². The van der Waals surface area contributed by atoms with Gasteiger partial charge in [0.2, 0.25) is 0 Å². The fraction of sp³-hybridized carbons (Fsp3) is 0.188. The molecule has 2 rings (SSSR count). The number of carbonyl (C=O) groups excluding carboxylic acids is 1. The maximum Gasteiger partial charge on any atom is 0.259 e. The molecule has 0 aliphatic rings. The van der Waals surface area contributed by atoms with Crippen LogP contribution in [0, 0.1) is 6.92 Å². The number of nitrogens with one attached hydrogen (secondary N) is 1. The molecule has 2 N–H and O–H groups in total. The van der Waals surface area contributed by atoms with Gasteiger partial charge in [0.05, 0.1) is 19.8 Å². The standard InChI is InChI=1S/C16H17NO4/c1-10-7-8-11(9-13(10)18)17-16(19)12-5-4-6-14(20-2)15(12)21-3/h4-9,18H,1-3H3,(H,17,19). The molecule has 0 spiro atoms. The minimum atomic E-state index is -0.339. The molecule has 0 aliphatic carbocycles. The molecule has 5 heteroatoms. The highest BCUT2D eigenvalue weighted by Gasteiger charge is 2.16. The Morgan fingerprint density at radius 3 is 2.52 bits per heavy atom. The second kappa shape index (κ2) is 6.17. The zero-order chi connectivity index (χ0) is 15.4. The number of aryl methyl sites for hydroxylation is 1. The number of hydrogen-bond acceptors (Lipinski definition) is 4. The van der Waals surface area contributed by atoms with E-state index in [4.69, 9.17) is 9.47 Å². The van der Waals surface area contributed by atoms with Crippen molar-refractivity contribution in [3.05, 3.63) is 47.5 Å². The van der Waals surface area contributed by atoms with Crippen molar-refractivity contribution in [1.82, 2.24) is 0 Å². The van der Waals surface area contributed by atoms with Crippen LogP contribution in [-0.2, 0) is 0 Å². The zero-order valence-corrected chi connectivity index (χ0v) is 12.1. The lowest BCUT2D eigenvalue weighted by molar-refractivity contribution is 0.102. The summed E-state index contributed by atoms with van der Waals surface area (Å²) < 4.78 is 10.4. The molecule has 0 saturated heterocycles. The third-order valence-corrected chi connectivity index (χ3v) is 3.11. The third-order valence-electron chi connectivity index (χ3n) is 3.11. The van der Waals surface area contributed by atoms with Gasteiger partial charge in [-0.25, -0.2) is 0 Å². The molecule has 2 aromatic carbocycles. The summed E-state index contributed by atoms with van der Waals surface area (Å²) in [6.07, 6.45) is 0. The zero-order valence-electron chi connectivity index (χ0n) is 12.1. The fourth-order valence-corrected chi connectivity index (χ4v) is 1.95. The molecular weight excluding hydrogens is 270 g/mol. The molecule has 5 nitrogen and oxygen atoms in total. The van der Waals surface area contributed by atoms with E-state index in [0.29, 0.717) is 22.7 Å².